The Hall–Kier alpha value is -4.21. The second kappa shape index (κ2) is 9.11. The smallest absolute Gasteiger partial charge is 0.265 e. The third-order valence-corrected chi connectivity index (χ3v) is 4.60. The zero-order valence-electron chi connectivity index (χ0n) is 17.0. The van der Waals surface area contributed by atoms with Crippen LogP contribution in [0.25, 0.3) is 22.9 Å². The highest BCUT2D eigenvalue weighted by Gasteiger charge is 2.25. The first-order valence-electron chi connectivity index (χ1n) is 9.64. The molecule has 0 unspecified atom stereocenters. The lowest BCUT2D eigenvalue weighted by molar-refractivity contribution is -0.122. The Bertz CT molecular complexity index is 1290. The highest BCUT2D eigenvalue weighted by molar-refractivity contribution is 5.94. The third-order valence-electron chi connectivity index (χ3n) is 4.60. The van der Waals surface area contributed by atoms with E-state index in [0.717, 1.165) is 0 Å². The average molecular weight is 457 g/mol. The molecule has 4 rings (SSSR count). The summed E-state index contributed by atoms with van der Waals surface area (Å²) in [6.07, 6.45) is -1.31. The Morgan fingerprint density at radius 1 is 0.909 bits per heavy atom. The van der Waals surface area contributed by atoms with Crippen LogP contribution in [-0.2, 0) is 4.79 Å². The summed E-state index contributed by atoms with van der Waals surface area (Å²) in [4.78, 5) is 12.4. The molecule has 0 bridgehead atoms. The lowest BCUT2D eigenvalue weighted by atomic mass is 10.2. The fourth-order valence-corrected chi connectivity index (χ4v) is 2.93. The number of nitrogens with one attached hydrogen (secondary N) is 1. The van der Waals surface area contributed by atoms with Crippen LogP contribution in [0.3, 0.4) is 0 Å². The van der Waals surface area contributed by atoms with Crippen molar-refractivity contribution in [2.75, 3.05) is 5.32 Å². The maximum Gasteiger partial charge on any atom is 0.265 e. The molecule has 1 N–H and O–H groups in total. The summed E-state index contributed by atoms with van der Waals surface area (Å²) in [6.45, 7) is 1.29. The van der Waals surface area contributed by atoms with Gasteiger partial charge in [-0.1, -0.05) is 30.3 Å². The minimum Gasteiger partial charge on any atom is -0.480 e. The van der Waals surface area contributed by atoms with Crippen LogP contribution in [0.15, 0.2) is 65.1 Å². The molecule has 0 spiro atoms. The zero-order chi connectivity index (χ0) is 23.5. The first-order chi connectivity index (χ1) is 15.8. The molecule has 0 fully saturated rings. The van der Waals surface area contributed by atoms with E-state index < -0.39 is 41.0 Å². The number of amides is 1. The summed E-state index contributed by atoms with van der Waals surface area (Å²) in [5, 5.41) is 9.83. The molecule has 33 heavy (non-hydrogen) atoms. The van der Waals surface area contributed by atoms with E-state index in [1.54, 1.807) is 30.3 Å². The van der Waals surface area contributed by atoms with E-state index in [0.29, 0.717) is 11.1 Å². The molecule has 1 aromatic heterocycles. The highest BCUT2D eigenvalue weighted by Crippen LogP contribution is 2.32. The van der Waals surface area contributed by atoms with E-state index in [2.05, 4.69) is 10.2 Å². The Kier molecular flexibility index (Phi) is 6.07. The number of hydrogen-bond acceptors (Lipinski definition) is 5. The van der Waals surface area contributed by atoms with Crippen LogP contribution in [0.1, 0.15) is 6.92 Å². The molecule has 1 amide bonds. The number of aromatic nitrogens is 2. The maximum atomic E-state index is 13.9. The number of carbonyl (C=O) groups is 1. The van der Waals surface area contributed by atoms with Gasteiger partial charge in [0.1, 0.15) is 11.4 Å². The molecule has 0 aliphatic heterocycles. The monoisotopic (exact) mass is 457 g/mol. The summed E-state index contributed by atoms with van der Waals surface area (Å²) < 4.78 is 65.8. The van der Waals surface area contributed by atoms with Gasteiger partial charge in [0.05, 0.1) is 5.56 Å². The first-order valence-corrected chi connectivity index (χ1v) is 9.64. The Balaban J connectivity index is 1.55. The van der Waals surface area contributed by atoms with Crippen molar-refractivity contribution in [1.82, 2.24) is 10.2 Å². The normalized spacial score (nSPS) is 11.8. The van der Waals surface area contributed by atoms with Crippen LogP contribution in [0.4, 0.5) is 23.2 Å². The first kappa shape index (κ1) is 22.0. The van der Waals surface area contributed by atoms with Gasteiger partial charge < -0.3 is 14.5 Å². The second-order valence-electron chi connectivity index (χ2n) is 6.87. The number of hydrogen-bond donors (Lipinski definition) is 1. The largest absolute Gasteiger partial charge is 0.480 e. The summed E-state index contributed by atoms with van der Waals surface area (Å²) in [6, 6.07) is 15.5. The quantitative estimate of drug-likeness (QED) is 0.311. The molecule has 0 aliphatic carbocycles. The van der Waals surface area contributed by atoms with Crippen molar-refractivity contribution < 1.29 is 31.5 Å². The van der Waals surface area contributed by atoms with Gasteiger partial charge in [-0.3, -0.25) is 4.79 Å². The van der Waals surface area contributed by atoms with Crippen molar-refractivity contribution in [2.24, 2.45) is 0 Å². The summed E-state index contributed by atoms with van der Waals surface area (Å²) in [5.41, 5.74) is -0.180. The lowest BCUT2D eigenvalue weighted by Crippen LogP contribution is -2.31. The van der Waals surface area contributed by atoms with Crippen LogP contribution in [0, 0.1) is 23.3 Å². The fraction of sp³-hybridized carbons (Fsp3) is 0.0870. The number of halogens is 4. The van der Waals surface area contributed by atoms with Gasteiger partial charge in [-0.25, -0.2) is 17.6 Å². The topological polar surface area (TPSA) is 77.2 Å². The van der Waals surface area contributed by atoms with Crippen molar-refractivity contribution in [1.29, 1.82) is 0 Å². The van der Waals surface area contributed by atoms with E-state index >= 15 is 0 Å². The number of para-hydroxylation sites is 1. The van der Waals surface area contributed by atoms with Crippen LogP contribution in [-0.4, -0.2) is 22.2 Å². The Morgan fingerprint density at radius 2 is 1.52 bits per heavy atom. The molecule has 168 valence electrons. The van der Waals surface area contributed by atoms with Crippen molar-refractivity contribution in [3.63, 3.8) is 0 Å². The number of carbonyl (C=O) groups excluding carboxylic acids is 1. The summed E-state index contributed by atoms with van der Waals surface area (Å²) >= 11 is 0. The molecular formula is C23H15F4N3O3. The van der Waals surface area contributed by atoms with Crippen LogP contribution >= 0.6 is 0 Å². The van der Waals surface area contributed by atoms with Crippen molar-refractivity contribution in [2.45, 2.75) is 13.0 Å². The predicted octanol–water partition coefficient (Wildman–Crippen LogP) is 5.37. The number of rotatable bonds is 6. The van der Waals surface area contributed by atoms with Gasteiger partial charge in [0.15, 0.2) is 29.4 Å². The minimum absolute atomic E-state index is 0.0462. The molecule has 6 nitrogen and oxygen atoms in total. The van der Waals surface area contributed by atoms with Crippen LogP contribution < -0.4 is 10.1 Å². The molecule has 4 aromatic rings. The molecule has 3 aromatic carbocycles. The van der Waals surface area contributed by atoms with Gasteiger partial charge in [-0.2, -0.15) is 0 Å². The molecule has 1 heterocycles. The molecule has 0 aliphatic rings. The summed E-state index contributed by atoms with van der Waals surface area (Å²) in [5.74, 6) is -7.24. The van der Waals surface area contributed by atoms with Gasteiger partial charge in [0, 0.05) is 11.6 Å². The standard InChI is InChI=1S/C23H15F4N3O3/c1-12(21(31)28-20-18(26)15(24)11-16(25)19(20)27)32-17-10-6-5-9-14(17)23-30-29-22(33-23)13-7-3-2-4-8-13/h2-12H,1H3,(H,28,31)/t12-/m0/s1. The molecule has 0 radical (unpaired) electrons. The SMILES string of the molecule is C[C@H](Oc1ccccc1-c1nnc(-c2ccccc2)o1)C(=O)Nc1c(F)c(F)cc(F)c1F. The van der Waals surface area contributed by atoms with E-state index in [9.17, 15) is 22.4 Å². The second-order valence-corrected chi connectivity index (χ2v) is 6.87. The third kappa shape index (κ3) is 4.54. The van der Waals surface area contributed by atoms with Gasteiger partial charge in [-0.05, 0) is 31.2 Å². The number of anilines is 1. The average Bonchev–Trinajstić information content (AvgIpc) is 3.31. The predicted molar refractivity (Wildman–Crippen MR) is 110 cm³/mol. The molecule has 10 heteroatoms. The minimum atomic E-state index is -1.73. The van der Waals surface area contributed by atoms with Crippen LogP contribution in [0.5, 0.6) is 5.75 Å². The number of ether oxygens (including phenoxy) is 1. The number of benzene rings is 3. The number of nitrogens with zero attached hydrogens (tertiary/aromatic N) is 2. The van der Waals surface area contributed by atoms with Gasteiger partial charge in [0.25, 0.3) is 11.8 Å². The Morgan fingerprint density at radius 3 is 2.21 bits per heavy atom. The Labute approximate surface area is 184 Å². The summed E-state index contributed by atoms with van der Waals surface area (Å²) in [7, 11) is 0. The lowest BCUT2D eigenvalue weighted by Gasteiger charge is -2.17. The molecule has 0 saturated carbocycles. The van der Waals surface area contributed by atoms with Gasteiger partial charge >= 0.3 is 0 Å². The van der Waals surface area contributed by atoms with E-state index in [1.165, 1.54) is 13.0 Å². The van der Waals surface area contributed by atoms with Crippen molar-refractivity contribution in [3.8, 4) is 28.7 Å². The zero-order valence-corrected chi connectivity index (χ0v) is 17.0. The van der Waals surface area contributed by atoms with E-state index in [4.69, 9.17) is 9.15 Å². The molecule has 0 saturated heterocycles. The fourth-order valence-electron chi connectivity index (χ4n) is 2.93. The van der Waals surface area contributed by atoms with Crippen molar-refractivity contribution in [3.05, 3.63) is 83.9 Å². The molecular weight excluding hydrogens is 442 g/mol. The van der Waals surface area contributed by atoms with Crippen LogP contribution in [0.2, 0.25) is 0 Å². The van der Waals surface area contributed by atoms with E-state index in [1.807, 2.05) is 23.5 Å². The van der Waals surface area contributed by atoms with Gasteiger partial charge in [0.2, 0.25) is 5.89 Å². The molecule has 1 atom stereocenters. The van der Waals surface area contributed by atoms with E-state index in [-0.39, 0.29) is 23.6 Å². The van der Waals surface area contributed by atoms with Crippen molar-refractivity contribution >= 4 is 11.6 Å². The highest BCUT2D eigenvalue weighted by atomic mass is 19.2. The van der Waals surface area contributed by atoms with Gasteiger partial charge in [-0.15, -0.1) is 10.2 Å². The maximum absolute atomic E-state index is 13.9.